The number of nitrogens with one attached hydrogen (secondary N) is 2. The predicted molar refractivity (Wildman–Crippen MR) is 102 cm³/mol. The first kappa shape index (κ1) is 17.8. The molecule has 27 heavy (non-hydrogen) atoms. The highest BCUT2D eigenvalue weighted by molar-refractivity contribution is 7.07. The van der Waals surface area contributed by atoms with Crippen molar-refractivity contribution in [3.05, 3.63) is 46.3 Å². The number of H-pyrrole nitrogens is 1. The summed E-state index contributed by atoms with van der Waals surface area (Å²) in [5, 5.41) is 5.54. The number of rotatable bonds is 5. The Kier molecular flexibility index (Phi) is 4.98. The molecule has 1 fully saturated rings. The Hall–Kier alpha value is -2.61. The topological polar surface area (TPSA) is 70.2 Å². The smallest absolute Gasteiger partial charge is 0.317 e. The Bertz CT molecular complexity index is 941. The Labute approximate surface area is 160 Å². The van der Waals surface area contributed by atoms with Crippen molar-refractivity contribution in [2.24, 2.45) is 0 Å². The summed E-state index contributed by atoms with van der Waals surface area (Å²) >= 11 is 1.47. The molecule has 0 radical (unpaired) electrons. The number of hydrogen-bond donors (Lipinski definition) is 2. The van der Waals surface area contributed by atoms with Gasteiger partial charge in [0.2, 0.25) is 0 Å². The molecule has 6 nitrogen and oxygen atoms in total. The first-order chi connectivity index (χ1) is 13.1. The van der Waals surface area contributed by atoms with Crippen LogP contribution in [0.1, 0.15) is 31.2 Å². The van der Waals surface area contributed by atoms with Crippen molar-refractivity contribution in [1.29, 1.82) is 0 Å². The van der Waals surface area contributed by atoms with E-state index in [9.17, 15) is 9.18 Å². The zero-order valence-electron chi connectivity index (χ0n) is 15.0. The second-order valence-corrected chi connectivity index (χ2v) is 7.49. The first-order valence-electron chi connectivity index (χ1n) is 8.95. The predicted octanol–water partition coefficient (Wildman–Crippen LogP) is 4.04. The van der Waals surface area contributed by atoms with Gasteiger partial charge in [0, 0.05) is 40.6 Å². The van der Waals surface area contributed by atoms with Crippen LogP contribution in [-0.4, -0.2) is 33.5 Å². The molecular weight excluding hydrogens is 367 g/mol. The number of ether oxygens (including phenoxy) is 1. The van der Waals surface area contributed by atoms with E-state index < -0.39 is 5.82 Å². The van der Waals surface area contributed by atoms with Gasteiger partial charge in [-0.25, -0.2) is 14.2 Å². The van der Waals surface area contributed by atoms with Crippen molar-refractivity contribution in [1.82, 2.24) is 20.2 Å². The van der Waals surface area contributed by atoms with Crippen molar-refractivity contribution in [3.63, 3.8) is 0 Å². The van der Waals surface area contributed by atoms with Crippen molar-refractivity contribution >= 4 is 28.3 Å². The third kappa shape index (κ3) is 3.90. The number of hydrogen-bond acceptors (Lipinski definition) is 4. The van der Waals surface area contributed by atoms with Gasteiger partial charge in [0.15, 0.2) is 11.6 Å². The summed E-state index contributed by atoms with van der Waals surface area (Å²) in [4.78, 5) is 21.5. The summed E-state index contributed by atoms with van der Waals surface area (Å²) in [7, 11) is 0. The van der Waals surface area contributed by atoms with Crippen LogP contribution in [0.15, 0.2) is 29.1 Å². The van der Waals surface area contributed by atoms with E-state index >= 15 is 0 Å². The quantitative estimate of drug-likeness (QED) is 0.693. The maximum Gasteiger partial charge on any atom is 0.317 e. The second kappa shape index (κ2) is 7.56. The van der Waals surface area contributed by atoms with Crippen molar-refractivity contribution in [2.45, 2.75) is 39.0 Å². The summed E-state index contributed by atoms with van der Waals surface area (Å²) < 4.78 is 19.8. The van der Waals surface area contributed by atoms with Gasteiger partial charge in [-0.1, -0.05) is 0 Å². The van der Waals surface area contributed by atoms with Crippen LogP contribution in [0.3, 0.4) is 0 Å². The number of carbonyl (C=O) groups is 1. The van der Waals surface area contributed by atoms with Gasteiger partial charge >= 0.3 is 6.03 Å². The third-order valence-corrected chi connectivity index (χ3v) is 5.47. The van der Waals surface area contributed by atoms with Gasteiger partial charge in [0.25, 0.3) is 0 Å². The lowest BCUT2D eigenvalue weighted by Crippen LogP contribution is -2.41. The highest BCUT2D eigenvalue weighted by Crippen LogP contribution is 2.26. The highest BCUT2D eigenvalue weighted by atomic mass is 32.1. The zero-order chi connectivity index (χ0) is 18.8. The minimum atomic E-state index is -0.418. The number of carbonyl (C=O) groups excluding carboxylic acids is 1. The van der Waals surface area contributed by atoms with Crippen LogP contribution in [0.5, 0.6) is 5.75 Å². The standard InChI is InChI=1S/C19H21FN4O2S/c1-12-3-2-4-24(12)19(25)21-8-14-5-13-6-16(20)18(7-17(13)23-14)26-9-15-10-27-11-22-15/h5-7,10-12,23H,2-4,8-9H2,1H3,(H,21,25)/t12-/m0/s1. The lowest BCUT2D eigenvalue weighted by Gasteiger charge is -2.21. The fourth-order valence-electron chi connectivity index (χ4n) is 3.37. The maximum absolute atomic E-state index is 14.3. The van der Waals surface area contributed by atoms with Gasteiger partial charge < -0.3 is 19.9 Å². The fraction of sp³-hybridized carbons (Fsp3) is 0.368. The number of amides is 2. The summed E-state index contributed by atoms with van der Waals surface area (Å²) in [5.74, 6) is -0.239. The molecule has 4 rings (SSSR count). The van der Waals surface area contributed by atoms with Gasteiger partial charge in [0.05, 0.1) is 17.7 Å². The zero-order valence-corrected chi connectivity index (χ0v) is 15.8. The molecule has 0 spiro atoms. The maximum atomic E-state index is 14.3. The Morgan fingerprint density at radius 3 is 3.11 bits per heavy atom. The van der Waals surface area contributed by atoms with E-state index in [1.54, 1.807) is 11.6 Å². The summed E-state index contributed by atoms with van der Waals surface area (Å²) in [6.45, 7) is 3.45. The highest BCUT2D eigenvalue weighted by Gasteiger charge is 2.24. The summed E-state index contributed by atoms with van der Waals surface area (Å²) in [6, 6.07) is 5.15. The van der Waals surface area contributed by atoms with E-state index in [1.807, 2.05) is 16.3 Å². The molecule has 1 aromatic carbocycles. The molecule has 0 bridgehead atoms. The number of aromatic nitrogens is 2. The molecule has 2 N–H and O–H groups in total. The summed E-state index contributed by atoms with van der Waals surface area (Å²) in [6.07, 6.45) is 2.09. The molecular formula is C19H21FN4O2S. The van der Waals surface area contributed by atoms with Crippen LogP contribution in [0, 0.1) is 5.82 Å². The van der Waals surface area contributed by atoms with Crippen molar-refractivity contribution < 1.29 is 13.9 Å². The Morgan fingerprint density at radius 1 is 1.48 bits per heavy atom. The van der Waals surface area contributed by atoms with Gasteiger partial charge in [0.1, 0.15) is 6.61 Å². The molecule has 2 amide bonds. The van der Waals surface area contributed by atoms with E-state index in [0.29, 0.717) is 6.54 Å². The number of aromatic amines is 1. The number of fused-ring (bicyclic) bond motifs is 1. The molecule has 1 atom stereocenters. The van der Waals surface area contributed by atoms with Crippen LogP contribution in [-0.2, 0) is 13.2 Å². The molecule has 0 aliphatic carbocycles. The number of nitrogens with zero attached hydrogens (tertiary/aromatic N) is 2. The largest absolute Gasteiger partial charge is 0.484 e. The molecule has 2 aromatic heterocycles. The van der Waals surface area contributed by atoms with Gasteiger partial charge in [-0.15, -0.1) is 11.3 Å². The van der Waals surface area contributed by atoms with Crippen LogP contribution in [0.2, 0.25) is 0 Å². The normalized spacial score (nSPS) is 16.8. The monoisotopic (exact) mass is 388 g/mol. The lowest BCUT2D eigenvalue weighted by molar-refractivity contribution is 0.195. The van der Waals surface area contributed by atoms with Crippen LogP contribution in [0.4, 0.5) is 9.18 Å². The molecule has 1 aliphatic heterocycles. The van der Waals surface area contributed by atoms with Gasteiger partial charge in [-0.3, -0.25) is 0 Å². The van der Waals surface area contributed by atoms with E-state index in [4.69, 9.17) is 4.74 Å². The second-order valence-electron chi connectivity index (χ2n) is 6.78. The summed E-state index contributed by atoms with van der Waals surface area (Å²) in [5.41, 5.74) is 4.07. The number of benzene rings is 1. The SMILES string of the molecule is C[C@H]1CCCN1C(=O)NCc1cc2cc(F)c(OCc3cscn3)cc2[nH]1. The van der Waals surface area contributed by atoms with Crippen molar-refractivity contribution in [3.8, 4) is 5.75 Å². The lowest BCUT2D eigenvalue weighted by atomic mass is 10.2. The minimum Gasteiger partial charge on any atom is -0.484 e. The molecule has 0 unspecified atom stereocenters. The molecule has 3 heterocycles. The molecule has 0 saturated carbocycles. The first-order valence-corrected chi connectivity index (χ1v) is 9.90. The van der Waals surface area contributed by atoms with Gasteiger partial charge in [-0.05, 0) is 31.9 Å². The van der Waals surface area contributed by atoms with Gasteiger partial charge in [-0.2, -0.15) is 0 Å². The fourth-order valence-corrected chi connectivity index (χ4v) is 3.91. The van der Waals surface area contributed by atoms with Crippen LogP contribution >= 0.6 is 11.3 Å². The molecule has 8 heteroatoms. The van der Waals surface area contributed by atoms with E-state index in [2.05, 4.69) is 22.2 Å². The minimum absolute atomic E-state index is 0.0582. The van der Waals surface area contributed by atoms with Crippen LogP contribution in [0.25, 0.3) is 10.9 Å². The third-order valence-electron chi connectivity index (χ3n) is 4.83. The number of halogens is 1. The van der Waals surface area contributed by atoms with Crippen molar-refractivity contribution in [2.75, 3.05) is 6.54 Å². The van der Waals surface area contributed by atoms with E-state index in [-0.39, 0.29) is 24.4 Å². The number of thiazole rings is 1. The number of likely N-dealkylation sites (tertiary alicyclic amines) is 1. The Balaban J connectivity index is 1.43. The average molecular weight is 388 g/mol. The van der Waals surface area contributed by atoms with E-state index in [0.717, 1.165) is 41.7 Å². The number of urea groups is 1. The Morgan fingerprint density at radius 2 is 2.37 bits per heavy atom. The molecule has 3 aromatic rings. The molecule has 1 aliphatic rings. The molecule has 142 valence electrons. The van der Waals surface area contributed by atoms with E-state index in [1.165, 1.54) is 17.4 Å². The average Bonchev–Trinajstić information content (AvgIpc) is 3.38. The molecule has 1 saturated heterocycles. The van der Waals surface area contributed by atoms with Crippen LogP contribution < -0.4 is 10.1 Å².